The van der Waals surface area contributed by atoms with E-state index in [1.54, 1.807) is 6.20 Å². The average molecular weight is 307 g/mol. The second kappa shape index (κ2) is 8.53. The minimum Gasteiger partial charge on any atom is -0.478 e. The van der Waals surface area contributed by atoms with E-state index in [9.17, 15) is 0 Å². The lowest BCUT2D eigenvalue weighted by molar-refractivity contribution is 0.326. The zero-order valence-electron chi connectivity index (χ0n) is 13.1. The van der Waals surface area contributed by atoms with E-state index in [0.29, 0.717) is 23.2 Å². The summed E-state index contributed by atoms with van der Waals surface area (Å²) < 4.78 is 5.53. The standard InChI is InChI=1S/C17H23ClN2O/c1-5-8-12(3)16(19)15(18)11-13(4)14-9-7-10-20-17(14)21-6-2/h7-11H,5-6,19H2,1-4H3/b12-8+,13-11+,16-15-. The van der Waals surface area contributed by atoms with E-state index in [1.807, 2.05) is 39.0 Å². The fourth-order valence-electron chi connectivity index (χ4n) is 1.89. The van der Waals surface area contributed by atoms with Crippen LogP contribution >= 0.6 is 11.6 Å². The van der Waals surface area contributed by atoms with Gasteiger partial charge in [0.15, 0.2) is 0 Å². The molecule has 1 aromatic heterocycles. The van der Waals surface area contributed by atoms with E-state index in [0.717, 1.165) is 23.1 Å². The van der Waals surface area contributed by atoms with Crippen molar-refractivity contribution in [3.8, 4) is 5.88 Å². The normalized spacial score (nSPS) is 14.0. The van der Waals surface area contributed by atoms with Gasteiger partial charge in [0.1, 0.15) is 0 Å². The smallest absolute Gasteiger partial charge is 0.220 e. The van der Waals surface area contributed by atoms with Gasteiger partial charge in [0.05, 0.1) is 17.3 Å². The van der Waals surface area contributed by atoms with Crippen LogP contribution in [0.1, 0.15) is 39.7 Å². The van der Waals surface area contributed by atoms with Crippen LogP contribution in [-0.2, 0) is 0 Å². The van der Waals surface area contributed by atoms with Crippen LogP contribution in [0.5, 0.6) is 5.88 Å². The Morgan fingerprint density at radius 3 is 2.71 bits per heavy atom. The van der Waals surface area contributed by atoms with Gasteiger partial charge in [-0.05, 0) is 56.5 Å². The van der Waals surface area contributed by atoms with Crippen molar-refractivity contribution in [2.75, 3.05) is 6.61 Å². The number of aromatic nitrogens is 1. The molecule has 0 aliphatic rings. The summed E-state index contributed by atoms with van der Waals surface area (Å²) >= 11 is 6.31. The predicted molar refractivity (Wildman–Crippen MR) is 90.2 cm³/mol. The van der Waals surface area contributed by atoms with Crippen molar-refractivity contribution in [1.82, 2.24) is 4.98 Å². The lowest BCUT2D eigenvalue weighted by Gasteiger charge is -2.09. The molecule has 0 aliphatic carbocycles. The number of halogens is 1. The molecule has 0 fully saturated rings. The molecule has 0 saturated carbocycles. The first-order valence-electron chi connectivity index (χ1n) is 7.10. The molecular weight excluding hydrogens is 284 g/mol. The molecule has 0 bridgehead atoms. The number of ether oxygens (including phenoxy) is 1. The molecule has 0 unspecified atom stereocenters. The quantitative estimate of drug-likeness (QED) is 0.778. The molecule has 0 atom stereocenters. The second-order valence-corrected chi connectivity index (χ2v) is 5.08. The van der Waals surface area contributed by atoms with Crippen molar-refractivity contribution < 1.29 is 4.74 Å². The highest BCUT2D eigenvalue weighted by Crippen LogP contribution is 2.26. The summed E-state index contributed by atoms with van der Waals surface area (Å²) in [5.74, 6) is 0.609. The van der Waals surface area contributed by atoms with E-state index in [4.69, 9.17) is 22.1 Å². The van der Waals surface area contributed by atoms with Gasteiger partial charge < -0.3 is 10.5 Å². The number of pyridine rings is 1. The molecule has 2 N–H and O–H groups in total. The van der Waals surface area contributed by atoms with E-state index in [-0.39, 0.29) is 0 Å². The maximum atomic E-state index is 6.31. The van der Waals surface area contributed by atoms with Crippen molar-refractivity contribution in [2.24, 2.45) is 5.73 Å². The van der Waals surface area contributed by atoms with Gasteiger partial charge >= 0.3 is 0 Å². The molecule has 0 saturated heterocycles. The fraction of sp³-hybridized carbons (Fsp3) is 0.353. The highest BCUT2D eigenvalue weighted by atomic mass is 35.5. The molecule has 0 aromatic carbocycles. The van der Waals surface area contributed by atoms with Crippen LogP contribution in [-0.4, -0.2) is 11.6 Å². The number of rotatable bonds is 6. The van der Waals surface area contributed by atoms with Crippen LogP contribution in [0.4, 0.5) is 0 Å². The van der Waals surface area contributed by atoms with Gasteiger partial charge in [-0.15, -0.1) is 0 Å². The van der Waals surface area contributed by atoms with Gasteiger partial charge in [0.25, 0.3) is 0 Å². The van der Waals surface area contributed by atoms with E-state index >= 15 is 0 Å². The third-order valence-electron chi connectivity index (χ3n) is 3.01. The molecule has 21 heavy (non-hydrogen) atoms. The molecule has 1 aromatic rings. The van der Waals surface area contributed by atoms with Gasteiger partial charge in [-0.2, -0.15) is 0 Å². The summed E-state index contributed by atoms with van der Waals surface area (Å²) in [5.41, 5.74) is 9.52. The van der Waals surface area contributed by atoms with Crippen molar-refractivity contribution in [3.05, 3.63) is 52.3 Å². The summed E-state index contributed by atoms with van der Waals surface area (Å²) in [6, 6.07) is 3.83. The summed E-state index contributed by atoms with van der Waals surface area (Å²) in [5, 5.41) is 0.529. The Balaban J connectivity index is 3.15. The Bertz CT molecular complexity index is 574. The average Bonchev–Trinajstić information content (AvgIpc) is 2.47. The Morgan fingerprint density at radius 2 is 2.10 bits per heavy atom. The topological polar surface area (TPSA) is 48.1 Å². The number of hydrogen-bond donors (Lipinski definition) is 1. The van der Waals surface area contributed by atoms with Gasteiger partial charge in [0.2, 0.25) is 5.88 Å². The number of allylic oxidation sites excluding steroid dienone is 5. The predicted octanol–water partition coefficient (Wildman–Crippen LogP) is 4.65. The van der Waals surface area contributed by atoms with Crippen LogP contribution in [0, 0.1) is 0 Å². The minimum atomic E-state index is 0.529. The lowest BCUT2D eigenvalue weighted by atomic mass is 10.1. The van der Waals surface area contributed by atoms with Gasteiger partial charge in [-0.3, -0.25) is 0 Å². The third-order valence-corrected chi connectivity index (χ3v) is 3.33. The van der Waals surface area contributed by atoms with Crippen molar-refractivity contribution >= 4 is 17.2 Å². The number of hydrogen-bond acceptors (Lipinski definition) is 3. The van der Waals surface area contributed by atoms with Crippen LogP contribution in [0.2, 0.25) is 0 Å². The van der Waals surface area contributed by atoms with Crippen LogP contribution in [0.15, 0.2) is 46.8 Å². The van der Waals surface area contributed by atoms with E-state index in [1.165, 1.54) is 0 Å². The molecule has 3 nitrogen and oxygen atoms in total. The minimum absolute atomic E-state index is 0.529. The summed E-state index contributed by atoms with van der Waals surface area (Å²) in [7, 11) is 0. The van der Waals surface area contributed by atoms with Gasteiger partial charge in [0, 0.05) is 11.8 Å². The lowest BCUT2D eigenvalue weighted by Crippen LogP contribution is -2.01. The zero-order chi connectivity index (χ0) is 15.8. The number of nitrogens with zero attached hydrogens (tertiary/aromatic N) is 1. The van der Waals surface area contributed by atoms with Crippen LogP contribution < -0.4 is 10.5 Å². The molecular formula is C17H23ClN2O. The zero-order valence-corrected chi connectivity index (χ0v) is 13.9. The maximum absolute atomic E-state index is 6.31. The van der Waals surface area contributed by atoms with Crippen molar-refractivity contribution in [1.29, 1.82) is 0 Å². The monoisotopic (exact) mass is 306 g/mol. The van der Waals surface area contributed by atoms with Crippen LogP contribution in [0.25, 0.3) is 5.57 Å². The highest BCUT2D eigenvalue weighted by molar-refractivity contribution is 6.32. The fourth-order valence-corrected chi connectivity index (χ4v) is 2.21. The molecule has 4 heteroatoms. The highest BCUT2D eigenvalue weighted by Gasteiger charge is 2.07. The molecule has 0 radical (unpaired) electrons. The largest absolute Gasteiger partial charge is 0.478 e. The first-order valence-corrected chi connectivity index (χ1v) is 7.47. The molecule has 1 heterocycles. The Morgan fingerprint density at radius 1 is 1.38 bits per heavy atom. The molecule has 0 aliphatic heterocycles. The first-order chi connectivity index (χ1) is 10.0. The summed E-state index contributed by atoms with van der Waals surface area (Å²) in [4.78, 5) is 4.24. The molecule has 114 valence electrons. The van der Waals surface area contributed by atoms with Gasteiger partial charge in [-0.1, -0.05) is 24.6 Å². The molecule has 0 amide bonds. The maximum Gasteiger partial charge on any atom is 0.220 e. The van der Waals surface area contributed by atoms with Gasteiger partial charge in [-0.25, -0.2) is 4.98 Å². The SMILES string of the molecule is CC/C=C(C)/C(N)=C(Cl)\C=C(/C)c1cccnc1OCC. The second-order valence-electron chi connectivity index (χ2n) is 4.67. The Labute approximate surface area is 132 Å². The van der Waals surface area contributed by atoms with E-state index in [2.05, 4.69) is 18.0 Å². The summed E-state index contributed by atoms with van der Waals surface area (Å²) in [6.07, 6.45) is 6.54. The van der Waals surface area contributed by atoms with E-state index < -0.39 is 0 Å². The van der Waals surface area contributed by atoms with Crippen LogP contribution in [0.3, 0.4) is 0 Å². The van der Waals surface area contributed by atoms with Crippen molar-refractivity contribution in [3.63, 3.8) is 0 Å². The molecule has 0 spiro atoms. The molecule has 1 rings (SSSR count). The Hall–Kier alpha value is -1.74. The Kier molecular flexibility index (Phi) is 7.03. The summed E-state index contributed by atoms with van der Waals surface area (Å²) in [6.45, 7) is 8.49. The third kappa shape index (κ3) is 4.94. The first kappa shape index (κ1) is 17.3. The van der Waals surface area contributed by atoms with Crippen molar-refractivity contribution in [2.45, 2.75) is 34.1 Å². The number of nitrogens with two attached hydrogens (primary N) is 1.